The second-order valence-electron chi connectivity index (χ2n) is 4.07. The second-order valence-corrected chi connectivity index (χ2v) is 5.13. The van der Waals surface area contributed by atoms with Crippen molar-refractivity contribution in [3.63, 3.8) is 0 Å². The van der Waals surface area contributed by atoms with Gasteiger partial charge in [-0.1, -0.05) is 0 Å². The van der Waals surface area contributed by atoms with Gasteiger partial charge < -0.3 is 5.11 Å². The molecule has 6 heteroatoms. The summed E-state index contributed by atoms with van der Waals surface area (Å²) in [7, 11) is 0. The van der Waals surface area contributed by atoms with Gasteiger partial charge in [-0.25, -0.2) is 14.2 Å². The first-order chi connectivity index (χ1) is 9.06. The lowest BCUT2D eigenvalue weighted by Crippen LogP contribution is -1.94. The van der Waals surface area contributed by atoms with Crippen molar-refractivity contribution in [3.8, 4) is 5.00 Å². The van der Waals surface area contributed by atoms with Gasteiger partial charge in [-0.2, -0.15) is 0 Å². The normalized spacial score (nSPS) is 11.1. The summed E-state index contributed by atoms with van der Waals surface area (Å²) < 4.78 is 15.0. The summed E-state index contributed by atoms with van der Waals surface area (Å²) in [5.41, 5.74) is 1.32. The van der Waals surface area contributed by atoms with Crippen molar-refractivity contribution >= 4 is 28.3 Å². The molecular formula is C13H9FN2O2S. The first-order valence-corrected chi connectivity index (χ1v) is 6.36. The fourth-order valence-electron chi connectivity index (χ4n) is 2.01. The lowest BCUT2D eigenvalue weighted by Gasteiger charge is -2.02. The highest BCUT2D eigenvalue weighted by Crippen LogP contribution is 2.27. The number of aromatic nitrogens is 2. The van der Waals surface area contributed by atoms with Gasteiger partial charge in [0.2, 0.25) is 0 Å². The number of imidazole rings is 1. The Balaban J connectivity index is 2.23. The lowest BCUT2D eigenvalue weighted by molar-refractivity contribution is 0.0702. The first-order valence-electron chi connectivity index (χ1n) is 5.54. The number of hydrogen-bond donors (Lipinski definition) is 1. The summed E-state index contributed by atoms with van der Waals surface area (Å²) in [5, 5.41) is 9.70. The number of carboxylic acids is 1. The average molecular weight is 276 g/mol. The molecule has 3 rings (SSSR count). The van der Waals surface area contributed by atoms with E-state index in [1.165, 1.54) is 12.1 Å². The van der Waals surface area contributed by atoms with E-state index in [1.807, 2.05) is 4.57 Å². The standard InChI is InChI=1S/C13H9FN2O2S/c1-7-15-9-6-8(14)2-3-10(9)16(7)12-5-4-11(19-12)13(17)18/h2-6H,1H3,(H,17,18). The maximum atomic E-state index is 13.2. The maximum absolute atomic E-state index is 13.2. The van der Waals surface area contributed by atoms with E-state index in [4.69, 9.17) is 5.11 Å². The van der Waals surface area contributed by atoms with Crippen molar-refractivity contribution in [2.45, 2.75) is 6.92 Å². The summed E-state index contributed by atoms with van der Waals surface area (Å²) in [4.78, 5) is 15.5. The monoisotopic (exact) mass is 276 g/mol. The number of benzene rings is 1. The molecule has 2 aromatic heterocycles. The van der Waals surface area contributed by atoms with Crippen molar-refractivity contribution in [2.75, 3.05) is 0 Å². The van der Waals surface area contributed by atoms with Crippen LogP contribution in [0.5, 0.6) is 0 Å². The number of hydrogen-bond acceptors (Lipinski definition) is 3. The summed E-state index contributed by atoms with van der Waals surface area (Å²) in [6.45, 7) is 1.80. The van der Waals surface area contributed by atoms with Crippen LogP contribution >= 0.6 is 11.3 Å². The van der Waals surface area contributed by atoms with Crippen LogP contribution in [0.1, 0.15) is 15.5 Å². The van der Waals surface area contributed by atoms with Crippen molar-refractivity contribution in [1.82, 2.24) is 9.55 Å². The van der Waals surface area contributed by atoms with Crippen molar-refractivity contribution < 1.29 is 14.3 Å². The molecule has 96 valence electrons. The Bertz CT molecular complexity index is 791. The molecule has 4 nitrogen and oxygen atoms in total. The van der Waals surface area contributed by atoms with Crippen LogP contribution < -0.4 is 0 Å². The predicted molar refractivity (Wildman–Crippen MR) is 70.6 cm³/mol. The second kappa shape index (κ2) is 4.17. The molecule has 0 saturated carbocycles. The van der Waals surface area contributed by atoms with E-state index < -0.39 is 5.97 Å². The fourth-order valence-corrected chi connectivity index (χ4v) is 2.92. The molecule has 3 aromatic rings. The van der Waals surface area contributed by atoms with Crippen LogP contribution in [0.2, 0.25) is 0 Å². The van der Waals surface area contributed by atoms with Crippen LogP contribution in [-0.4, -0.2) is 20.6 Å². The summed E-state index contributed by atoms with van der Waals surface area (Å²) in [5.74, 6) is -0.599. The Morgan fingerprint density at radius 3 is 2.84 bits per heavy atom. The molecule has 2 heterocycles. The SMILES string of the molecule is Cc1nc2cc(F)ccc2n1-c1ccc(C(=O)O)s1. The van der Waals surface area contributed by atoms with Crippen LogP contribution in [0.3, 0.4) is 0 Å². The van der Waals surface area contributed by atoms with Gasteiger partial charge >= 0.3 is 5.97 Å². The Kier molecular flexibility index (Phi) is 2.60. The van der Waals surface area contributed by atoms with Crippen LogP contribution in [0.15, 0.2) is 30.3 Å². The van der Waals surface area contributed by atoms with Crippen LogP contribution in [0.4, 0.5) is 4.39 Å². The highest BCUT2D eigenvalue weighted by molar-refractivity contribution is 7.16. The van der Waals surface area contributed by atoms with Gasteiger partial charge in [-0.15, -0.1) is 11.3 Å². The number of fused-ring (bicyclic) bond motifs is 1. The number of halogens is 1. The molecule has 1 N–H and O–H groups in total. The molecular weight excluding hydrogens is 267 g/mol. The third-order valence-corrected chi connectivity index (χ3v) is 3.87. The number of thiophene rings is 1. The largest absolute Gasteiger partial charge is 0.477 e. The number of carboxylic acid groups (broad SMARTS) is 1. The summed E-state index contributed by atoms with van der Waals surface area (Å²) >= 11 is 1.16. The first kappa shape index (κ1) is 11.9. The summed E-state index contributed by atoms with van der Waals surface area (Å²) in [6, 6.07) is 7.66. The molecule has 0 unspecified atom stereocenters. The zero-order valence-electron chi connectivity index (χ0n) is 9.92. The minimum atomic E-state index is -0.954. The summed E-state index contributed by atoms with van der Waals surface area (Å²) in [6.07, 6.45) is 0. The Morgan fingerprint density at radius 2 is 2.16 bits per heavy atom. The van der Waals surface area contributed by atoms with Crippen molar-refractivity contribution in [1.29, 1.82) is 0 Å². The molecule has 1 aromatic carbocycles. The van der Waals surface area contributed by atoms with Crippen LogP contribution in [0.25, 0.3) is 16.0 Å². The molecule has 0 spiro atoms. The molecule has 0 aliphatic heterocycles. The van der Waals surface area contributed by atoms with E-state index in [0.29, 0.717) is 11.3 Å². The molecule has 19 heavy (non-hydrogen) atoms. The molecule has 0 fully saturated rings. The zero-order chi connectivity index (χ0) is 13.6. The average Bonchev–Trinajstić information content (AvgIpc) is 2.91. The van der Waals surface area contributed by atoms with E-state index in [1.54, 1.807) is 25.1 Å². The van der Waals surface area contributed by atoms with Crippen LogP contribution in [0, 0.1) is 12.7 Å². The highest BCUT2D eigenvalue weighted by atomic mass is 32.1. The smallest absolute Gasteiger partial charge is 0.345 e. The number of aromatic carboxylic acids is 1. The van der Waals surface area contributed by atoms with Gasteiger partial charge in [-0.3, -0.25) is 4.57 Å². The van der Waals surface area contributed by atoms with E-state index in [0.717, 1.165) is 21.9 Å². The molecule has 0 saturated heterocycles. The van der Waals surface area contributed by atoms with E-state index >= 15 is 0 Å². The van der Waals surface area contributed by atoms with Crippen molar-refractivity contribution in [2.24, 2.45) is 0 Å². The predicted octanol–water partition coefficient (Wildman–Crippen LogP) is 3.23. The Morgan fingerprint density at radius 1 is 1.37 bits per heavy atom. The molecule has 0 aliphatic rings. The quantitative estimate of drug-likeness (QED) is 0.781. The lowest BCUT2D eigenvalue weighted by atomic mass is 10.3. The third-order valence-electron chi connectivity index (χ3n) is 2.81. The van der Waals surface area contributed by atoms with Crippen LogP contribution in [-0.2, 0) is 0 Å². The number of carbonyl (C=O) groups is 1. The van der Waals surface area contributed by atoms with Crippen molar-refractivity contribution in [3.05, 3.63) is 46.9 Å². The van der Waals surface area contributed by atoms with E-state index in [2.05, 4.69) is 4.98 Å². The minimum Gasteiger partial charge on any atom is -0.477 e. The molecule has 0 bridgehead atoms. The van der Waals surface area contributed by atoms with Gasteiger partial charge in [0.05, 0.1) is 11.0 Å². The molecule has 0 aliphatic carbocycles. The number of aryl methyl sites for hydroxylation is 1. The molecule has 0 radical (unpaired) electrons. The maximum Gasteiger partial charge on any atom is 0.345 e. The zero-order valence-corrected chi connectivity index (χ0v) is 10.7. The minimum absolute atomic E-state index is 0.262. The number of rotatable bonds is 2. The van der Waals surface area contributed by atoms with Gasteiger partial charge in [0.15, 0.2) is 0 Å². The fraction of sp³-hybridized carbons (Fsp3) is 0.0769. The highest BCUT2D eigenvalue weighted by Gasteiger charge is 2.13. The van der Waals surface area contributed by atoms with Gasteiger partial charge in [0, 0.05) is 6.07 Å². The molecule has 0 amide bonds. The van der Waals surface area contributed by atoms with Gasteiger partial charge in [0.1, 0.15) is 21.5 Å². The van der Waals surface area contributed by atoms with E-state index in [9.17, 15) is 9.18 Å². The molecule has 0 atom stereocenters. The van der Waals surface area contributed by atoms with E-state index in [-0.39, 0.29) is 10.7 Å². The van der Waals surface area contributed by atoms with Gasteiger partial charge in [-0.05, 0) is 31.2 Å². The Hall–Kier alpha value is -2.21. The Labute approximate surface area is 111 Å². The third kappa shape index (κ3) is 1.90. The van der Waals surface area contributed by atoms with Gasteiger partial charge in [0.25, 0.3) is 0 Å². The number of nitrogens with zero attached hydrogens (tertiary/aromatic N) is 2. The topological polar surface area (TPSA) is 55.1 Å².